The Morgan fingerprint density at radius 3 is 2.44 bits per heavy atom. The highest BCUT2D eigenvalue weighted by atomic mass is 19.4. The molecule has 18 heavy (non-hydrogen) atoms. The van der Waals surface area contributed by atoms with Gasteiger partial charge in [-0.05, 0) is 0 Å². The normalized spacial score (nSPS) is 11.1. The van der Waals surface area contributed by atoms with Crippen LogP contribution in [0.15, 0.2) is 12.1 Å². The van der Waals surface area contributed by atoms with Gasteiger partial charge >= 0.3 is 12.1 Å². The van der Waals surface area contributed by atoms with Crippen LogP contribution in [0.1, 0.15) is 10.4 Å². The van der Waals surface area contributed by atoms with Crippen LogP contribution in [-0.2, 0) is 0 Å². The summed E-state index contributed by atoms with van der Waals surface area (Å²) in [5.41, 5.74) is 4.93. The number of hydrogen-bond acceptors (Lipinski definition) is 4. The molecule has 0 saturated heterocycles. The highest BCUT2D eigenvalue weighted by molar-refractivity contribution is 5.94. The molecule has 0 spiro atoms. The van der Waals surface area contributed by atoms with Crippen molar-refractivity contribution in [2.24, 2.45) is 0 Å². The van der Waals surface area contributed by atoms with Crippen molar-refractivity contribution in [3.8, 4) is 11.5 Å². The van der Waals surface area contributed by atoms with E-state index < -0.39 is 18.8 Å². The van der Waals surface area contributed by atoms with Crippen LogP contribution < -0.4 is 15.2 Å². The number of carbonyl (C=O) groups is 1. The smallest absolute Gasteiger partial charge is 0.422 e. The molecular formula is C10H10F3NO4. The summed E-state index contributed by atoms with van der Waals surface area (Å²) in [7, 11) is 1.20. The largest absolute Gasteiger partial charge is 0.493 e. The van der Waals surface area contributed by atoms with Crippen LogP contribution in [-0.4, -0.2) is 31.0 Å². The molecule has 0 fully saturated rings. The van der Waals surface area contributed by atoms with E-state index in [0.717, 1.165) is 12.1 Å². The number of halogens is 3. The molecular weight excluding hydrogens is 255 g/mol. The van der Waals surface area contributed by atoms with Gasteiger partial charge in [0.05, 0.1) is 18.4 Å². The Morgan fingerprint density at radius 1 is 1.39 bits per heavy atom. The summed E-state index contributed by atoms with van der Waals surface area (Å²) in [6, 6.07) is 1.98. The zero-order valence-electron chi connectivity index (χ0n) is 9.25. The topological polar surface area (TPSA) is 81.8 Å². The summed E-state index contributed by atoms with van der Waals surface area (Å²) in [4.78, 5) is 10.8. The molecule has 0 radical (unpaired) electrons. The molecule has 0 atom stereocenters. The molecule has 0 unspecified atom stereocenters. The summed E-state index contributed by atoms with van der Waals surface area (Å²) in [5.74, 6) is -1.77. The highest BCUT2D eigenvalue weighted by Crippen LogP contribution is 2.33. The van der Waals surface area contributed by atoms with E-state index in [2.05, 4.69) is 4.74 Å². The summed E-state index contributed by atoms with van der Waals surface area (Å²) in [6.07, 6.45) is -4.53. The lowest BCUT2D eigenvalue weighted by atomic mass is 10.1. The van der Waals surface area contributed by atoms with E-state index in [0.29, 0.717) is 0 Å². The van der Waals surface area contributed by atoms with Crippen molar-refractivity contribution in [2.45, 2.75) is 6.18 Å². The number of carboxylic acid groups (broad SMARTS) is 1. The van der Waals surface area contributed by atoms with E-state index >= 15 is 0 Å². The second-order valence-electron chi connectivity index (χ2n) is 3.30. The molecule has 8 heteroatoms. The first kappa shape index (κ1) is 13.9. The van der Waals surface area contributed by atoms with Crippen molar-refractivity contribution in [3.63, 3.8) is 0 Å². The average Bonchev–Trinajstić information content (AvgIpc) is 2.25. The van der Waals surface area contributed by atoms with Crippen LogP contribution in [0, 0.1) is 0 Å². The minimum Gasteiger partial charge on any atom is -0.493 e. The number of aromatic carboxylic acids is 1. The molecule has 0 heterocycles. The molecule has 1 aromatic carbocycles. The Balaban J connectivity index is 3.08. The Morgan fingerprint density at radius 2 is 2.00 bits per heavy atom. The van der Waals surface area contributed by atoms with Crippen molar-refractivity contribution < 1.29 is 32.5 Å². The number of carboxylic acids is 1. The summed E-state index contributed by atoms with van der Waals surface area (Å²) in [5, 5.41) is 8.78. The monoisotopic (exact) mass is 265 g/mol. The maximum atomic E-state index is 12.0. The predicted octanol–water partition coefficient (Wildman–Crippen LogP) is 1.92. The molecule has 0 bridgehead atoms. The number of anilines is 1. The minimum atomic E-state index is -4.53. The van der Waals surface area contributed by atoms with Gasteiger partial charge in [-0.3, -0.25) is 0 Å². The maximum absolute atomic E-state index is 12.0. The first-order valence-electron chi connectivity index (χ1n) is 4.65. The van der Waals surface area contributed by atoms with Gasteiger partial charge in [0.2, 0.25) is 0 Å². The number of methoxy groups -OCH3 is 1. The lowest BCUT2D eigenvalue weighted by molar-refractivity contribution is -0.153. The van der Waals surface area contributed by atoms with Crippen LogP contribution in [0.2, 0.25) is 0 Å². The van der Waals surface area contributed by atoms with Gasteiger partial charge in [-0.25, -0.2) is 4.79 Å². The molecule has 1 aromatic rings. The fourth-order valence-electron chi connectivity index (χ4n) is 1.19. The molecule has 0 aliphatic heterocycles. The zero-order chi connectivity index (χ0) is 13.9. The summed E-state index contributed by atoms with van der Waals surface area (Å²) >= 11 is 0. The Bertz CT molecular complexity index is 459. The average molecular weight is 265 g/mol. The quantitative estimate of drug-likeness (QED) is 0.813. The number of hydrogen-bond donors (Lipinski definition) is 2. The molecule has 3 N–H and O–H groups in total. The minimum absolute atomic E-state index is 0.0678. The van der Waals surface area contributed by atoms with Crippen LogP contribution in [0.4, 0.5) is 18.9 Å². The van der Waals surface area contributed by atoms with E-state index in [1.807, 2.05) is 0 Å². The third kappa shape index (κ3) is 3.44. The molecule has 0 amide bonds. The van der Waals surface area contributed by atoms with Gasteiger partial charge in [-0.15, -0.1) is 0 Å². The molecule has 100 valence electrons. The maximum Gasteiger partial charge on any atom is 0.422 e. The molecule has 5 nitrogen and oxygen atoms in total. The third-order valence-corrected chi connectivity index (χ3v) is 1.96. The van der Waals surface area contributed by atoms with Crippen molar-refractivity contribution in [2.75, 3.05) is 19.5 Å². The number of nitrogen functional groups attached to an aromatic ring is 1. The number of nitrogens with two attached hydrogens (primary N) is 1. The van der Waals surface area contributed by atoms with Gasteiger partial charge < -0.3 is 20.3 Å². The highest BCUT2D eigenvalue weighted by Gasteiger charge is 2.29. The van der Waals surface area contributed by atoms with Gasteiger partial charge in [-0.1, -0.05) is 0 Å². The SMILES string of the molecule is COc1cc(N)c(C(=O)O)cc1OCC(F)(F)F. The third-order valence-electron chi connectivity index (χ3n) is 1.96. The number of ether oxygens (including phenoxy) is 2. The fourth-order valence-corrected chi connectivity index (χ4v) is 1.19. The zero-order valence-corrected chi connectivity index (χ0v) is 9.25. The van der Waals surface area contributed by atoms with Gasteiger partial charge in [0, 0.05) is 12.1 Å². The first-order valence-corrected chi connectivity index (χ1v) is 4.65. The van der Waals surface area contributed by atoms with Gasteiger partial charge in [0.25, 0.3) is 0 Å². The summed E-state index contributed by atoms with van der Waals surface area (Å²) in [6.45, 7) is -1.55. The van der Waals surface area contributed by atoms with E-state index in [1.165, 1.54) is 7.11 Å². The van der Waals surface area contributed by atoms with Crippen molar-refractivity contribution in [1.29, 1.82) is 0 Å². The van der Waals surface area contributed by atoms with Crippen molar-refractivity contribution in [1.82, 2.24) is 0 Å². The van der Waals surface area contributed by atoms with Crippen LogP contribution in [0.5, 0.6) is 11.5 Å². The number of alkyl halides is 3. The van der Waals surface area contributed by atoms with E-state index in [-0.39, 0.29) is 22.7 Å². The first-order chi connectivity index (χ1) is 8.24. The van der Waals surface area contributed by atoms with Gasteiger partial charge in [0.15, 0.2) is 18.1 Å². The number of rotatable bonds is 4. The molecule has 0 aliphatic rings. The Kier molecular flexibility index (Phi) is 3.89. The lowest BCUT2D eigenvalue weighted by Gasteiger charge is -2.14. The second-order valence-corrected chi connectivity index (χ2v) is 3.30. The standard InChI is InChI=1S/C10H10F3NO4/c1-17-7-3-6(14)5(9(15)16)2-8(7)18-4-10(11,12)13/h2-3H,4,14H2,1H3,(H,15,16). The molecule has 0 saturated carbocycles. The number of benzene rings is 1. The molecule has 0 aromatic heterocycles. The second kappa shape index (κ2) is 5.03. The van der Waals surface area contributed by atoms with Crippen molar-refractivity contribution in [3.05, 3.63) is 17.7 Å². The Hall–Kier alpha value is -2.12. The van der Waals surface area contributed by atoms with Gasteiger partial charge in [-0.2, -0.15) is 13.2 Å². The van der Waals surface area contributed by atoms with Gasteiger partial charge in [0.1, 0.15) is 0 Å². The Labute approximate surface area is 99.9 Å². The van der Waals surface area contributed by atoms with Crippen LogP contribution in [0.25, 0.3) is 0 Å². The van der Waals surface area contributed by atoms with Crippen LogP contribution >= 0.6 is 0 Å². The van der Waals surface area contributed by atoms with E-state index in [1.54, 1.807) is 0 Å². The van der Waals surface area contributed by atoms with Crippen LogP contribution in [0.3, 0.4) is 0 Å². The molecule has 0 aliphatic carbocycles. The lowest BCUT2D eigenvalue weighted by Crippen LogP contribution is -2.19. The van der Waals surface area contributed by atoms with Crippen molar-refractivity contribution >= 4 is 11.7 Å². The molecule has 1 rings (SSSR count). The fraction of sp³-hybridized carbons (Fsp3) is 0.300. The van der Waals surface area contributed by atoms with E-state index in [4.69, 9.17) is 15.6 Å². The predicted molar refractivity (Wildman–Crippen MR) is 55.9 cm³/mol. The van der Waals surface area contributed by atoms with E-state index in [9.17, 15) is 18.0 Å². The summed E-state index contributed by atoms with van der Waals surface area (Å²) < 4.78 is 45.3.